The summed E-state index contributed by atoms with van der Waals surface area (Å²) >= 11 is 0. The molecule has 84 valence electrons. The van der Waals surface area contributed by atoms with E-state index in [0.717, 1.165) is 6.21 Å². The van der Waals surface area contributed by atoms with Crippen LogP contribution < -0.4 is 0 Å². The lowest BCUT2D eigenvalue weighted by Gasteiger charge is -2.01. The molecular weight excluding hydrogens is 208 g/mol. The van der Waals surface area contributed by atoms with E-state index in [0.29, 0.717) is 5.69 Å². The molecule has 6 nitrogen and oxygen atoms in total. The third-order valence-electron chi connectivity index (χ3n) is 1.85. The van der Waals surface area contributed by atoms with Gasteiger partial charge in [0.25, 0.3) is 0 Å². The van der Waals surface area contributed by atoms with Crippen LogP contribution in [-0.2, 0) is 0 Å². The summed E-state index contributed by atoms with van der Waals surface area (Å²) in [6.07, 6.45) is 1.13. The van der Waals surface area contributed by atoms with E-state index in [1.54, 1.807) is 19.1 Å². The van der Waals surface area contributed by atoms with Gasteiger partial charge >= 0.3 is 0 Å². The lowest BCUT2D eigenvalue weighted by molar-refractivity contribution is 0.315. The van der Waals surface area contributed by atoms with Crippen molar-refractivity contribution in [3.05, 3.63) is 30.3 Å². The van der Waals surface area contributed by atoms with Crippen molar-refractivity contribution >= 4 is 17.6 Å². The average Bonchev–Trinajstić information content (AvgIpc) is 2.34. The minimum atomic E-state index is -0.671. The van der Waals surface area contributed by atoms with Crippen molar-refractivity contribution in [2.24, 2.45) is 20.5 Å². The third-order valence-corrected chi connectivity index (χ3v) is 1.85. The fourth-order valence-electron chi connectivity index (χ4n) is 0.967. The zero-order valence-electron chi connectivity index (χ0n) is 8.72. The molecule has 2 N–H and O–H groups in total. The maximum Gasteiger partial charge on any atom is 0.150 e. The lowest BCUT2D eigenvalue weighted by Crippen LogP contribution is -2.16. The van der Waals surface area contributed by atoms with Crippen molar-refractivity contribution in [3.63, 3.8) is 0 Å². The maximum absolute atomic E-state index is 8.57. The fourth-order valence-corrected chi connectivity index (χ4v) is 0.967. The summed E-state index contributed by atoms with van der Waals surface area (Å²) in [5.74, 6) is 0. The molecule has 0 heterocycles. The average molecular weight is 220 g/mol. The van der Waals surface area contributed by atoms with Gasteiger partial charge in [0.05, 0.1) is 17.6 Å². The Hall–Kier alpha value is -2.24. The predicted molar refractivity (Wildman–Crippen MR) is 59.9 cm³/mol. The molecule has 0 amide bonds. The van der Waals surface area contributed by atoms with E-state index in [1.165, 1.54) is 0 Å². The summed E-state index contributed by atoms with van der Waals surface area (Å²) < 4.78 is 0. The highest BCUT2D eigenvalue weighted by Crippen LogP contribution is 2.11. The van der Waals surface area contributed by atoms with E-state index in [-0.39, 0.29) is 5.71 Å². The lowest BCUT2D eigenvalue weighted by atomic mass is 10.2. The summed E-state index contributed by atoms with van der Waals surface area (Å²) in [5.41, 5.74) is 0.960. The van der Waals surface area contributed by atoms with Gasteiger partial charge in [-0.3, -0.25) is 0 Å². The zero-order chi connectivity index (χ0) is 11.8. The molecule has 0 aliphatic heterocycles. The molecule has 16 heavy (non-hydrogen) atoms. The van der Waals surface area contributed by atoms with Crippen molar-refractivity contribution in [1.29, 1.82) is 0 Å². The molecule has 0 bridgehead atoms. The SMILES string of the molecule is CC(=NO)C(C=NO)N=Nc1ccccc1. The summed E-state index contributed by atoms with van der Waals surface area (Å²) in [7, 11) is 0. The number of nitrogens with zero attached hydrogens (tertiary/aromatic N) is 4. The van der Waals surface area contributed by atoms with E-state index >= 15 is 0 Å². The molecule has 0 saturated heterocycles. The third kappa shape index (κ3) is 3.49. The van der Waals surface area contributed by atoms with Gasteiger partial charge in [0.15, 0.2) is 6.04 Å². The molecular formula is C10H12N4O2. The van der Waals surface area contributed by atoms with E-state index < -0.39 is 6.04 Å². The van der Waals surface area contributed by atoms with Gasteiger partial charge in [0.2, 0.25) is 0 Å². The normalized spacial score (nSPS) is 14.7. The van der Waals surface area contributed by atoms with Crippen LogP contribution in [0.5, 0.6) is 0 Å². The smallest absolute Gasteiger partial charge is 0.150 e. The van der Waals surface area contributed by atoms with E-state index in [1.807, 2.05) is 18.2 Å². The molecule has 1 atom stereocenters. The molecule has 1 aromatic rings. The van der Waals surface area contributed by atoms with Gasteiger partial charge in [0.1, 0.15) is 0 Å². The molecule has 0 aliphatic carbocycles. The first kappa shape index (κ1) is 11.8. The Morgan fingerprint density at radius 3 is 2.50 bits per heavy atom. The first-order valence-electron chi connectivity index (χ1n) is 4.60. The number of rotatable bonds is 4. The van der Waals surface area contributed by atoms with Gasteiger partial charge in [-0.2, -0.15) is 10.2 Å². The quantitative estimate of drug-likeness (QED) is 0.353. The minimum Gasteiger partial charge on any atom is -0.411 e. The molecule has 0 fully saturated rings. The van der Waals surface area contributed by atoms with Crippen molar-refractivity contribution in [1.82, 2.24) is 0 Å². The molecule has 1 unspecified atom stereocenters. The van der Waals surface area contributed by atoms with Crippen LogP contribution in [-0.4, -0.2) is 28.4 Å². The first-order chi connectivity index (χ1) is 7.77. The fraction of sp³-hybridized carbons (Fsp3) is 0.200. The van der Waals surface area contributed by atoms with E-state index in [2.05, 4.69) is 20.5 Å². The van der Waals surface area contributed by atoms with Crippen LogP contribution in [0.4, 0.5) is 5.69 Å². The summed E-state index contributed by atoms with van der Waals surface area (Å²) in [4.78, 5) is 0. The molecule has 0 aliphatic rings. The van der Waals surface area contributed by atoms with Crippen LogP contribution in [0.25, 0.3) is 0 Å². The van der Waals surface area contributed by atoms with Crippen LogP contribution in [0.15, 0.2) is 50.9 Å². The zero-order valence-corrected chi connectivity index (χ0v) is 8.72. The van der Waals surface area contributed by atoms with Crippen molar-refractivity contribution in [3.8, 4) is 0 Å². The van der Waals surface area contributed by atoms with Gasteiger partial charge in [0, 0.05) is 0 Å². The number of hydrogen-bond acceptors (Lipinski definition) is 6. The summed E-state index contributed by atoms with van der Waals surface area (Å²) in [5, 5.41) is 30.6. The van der Waals surface area contributed by atoms with E-state index in [4.69, 9.17) is 10.4 Å². The Kier molecular flexibility index (Phi) is 4.65. The van der Waals surface area contributed by atoms with Gasteiger partial charge in [-0.1, -0.05) is 28.5 Å². The van der Waals surface area contributed by atoms with Crippen LogP contribution >= 0.6 is 0 Å². The minimum absolute atomic E-state index is 0.289. The topological polar surface area (TPSA) is 89.9 Å². The second kappa shape index (κ2) is 6.28. The monoisotopic (exact) mass is 220 g/mol. The molecule has 0 spiro atoms. The van der Waals surface area contributed by atoms with Crippen LogP contribution in [0, 0.1) is 0 Å². The highest BCUT2D eigenvalue weighted by molar-refractivity contribution is 6.00. The second-order valence-corrected chi connectivity index (χ2v) is 3.00. The van der Waals surface area contributed by atoms with E-state index in [9.17, 15) is 0 Å². The number of oxime groups is 2. The standard InChI is InChI=1S/C10H12N4O2/c1-8(14-16)10(7-11-15)13-12-9-5-3-2-4-6-9/h2-7,10,15-16H,1H3. The largest absolute Gasteiger partial charge is 0.411 e. The molecule has 1 aromatic carbocycles. The summed E-state index contributed by atoms with van der Waals surface area (Å²) in [6, 6.07) is 8.42. The van der Waals surface area contributed by atoms with Gasteiger partial charge < -0.3 is 10.4 Å². The van der Waals surface area contributed by atoms with Crippen LogP contribution in [0.2, 0.25) is 0 Å². The summed E-state index contributed by atoms with van der Waals surface area (Å²) in [6.45, 7) is 1.55. The Morgan fingerprint density at radius 1 is 1.25 bits per heavy atom. The van der Waals surface area contributed by atoms with Crippen molar-refractivity contribution in [2.45, 2.75) is 13.0 Å². The molecule has 0 radical (unpaired) electrons. The Labute approximate surface area is 92.6 Å². The molecule has 0 aromatic heterocycles. The number of azo groups is 1. The van der Waals surface area contributed by atoms with Gasteiger partial charge in [-0.25, -0.2) is 0 Å². The van der Waals surface area contributed by atoms with Gasteiger partial charge in [-0.05, 0) is 19.1 Å². The highest BCUT2D eigenvalue weighted by atomic mass is 16.4. The Morgan fingerprint density at radius 2 is 1.94 bits per heavy atom. The van der Waals surface area contributed by atoms with Crippen molar-refractivity contribution in [2.75, 3.05) is 0 Å². The number of benzene rings is 1. The van der Waals surface area contributed by atoms with Gasteiger partial charge in [-0.15, -0.1) is 0 Å². The highest BCUT2D eigenvalue weighted by Gasteiger charge is 2.08. The van der Waals surface area contributed by atoms with Crippen LogP contribution in [0.3, 0.4) is 0 Å². The second-order valence-electron chi connectivity index (χ2n) is 3.00. The molecule has 0 saturated carbocycles. The van der Waals surface area contributed by atoms with Crippen LogP contribution in [0.1, 0.15) is 6.92 Å². The molecule has 6 heteroatoms. The Bertz CT molecular complexity index is 401. The first-order valence-corrected chi connectivity index (χ1v) is 4.60. The van der Waals surface area contributed by atoms with Crippen molar-refractivity contribution < 1.29 is 10.4 Å². The molecule has 1 rings (SSSR count). The predicted octanol–water partition coefficient (Wildman–Crippen LogP) is 2.45. The Balaban J connectivity index is 2.80. The number of hydrogen-bond donors (Lipinski definition) is 2. The maximum atomic E-state index is 8.57.